The summed E-state index contributed by atoms with van der Waals surface area (Å²) < 4.78 is 39.0. The summed E-state index contributed by atoms with van der Waals surface area (Å²) in [7, 11) is 0. The highest BCUT2D eigenvalue weighted by Gasteiger charge is 2.38. The highest BCUT2D eigenvalue weighted by Crippen LogP contribution is 2.34. The van der Waals surface area contributed by atoms with Gasteiger partial charge in [-0.2, -0.15) is 13.2 Å². The lowest BCUT2D eigenvalue weighted by atomic mass is 9.95. The molecule has 2 atom stereocenters. The molecule has 2 nitrogen and oxygen atoms in total. The van der Waals surface area contributed by atoms with E-state index in [9.17, 15) is 18.0 Å². The van der Waals surface area contributed by atoms with E-state index in [4.69, 9.17) is 0 Å². The largest absolute Gasteiger partial charge is 0.417 e. The van der Waals surface area contributed by atoms with Crippen LogP contribution in [0.5, 0.6) is 0 Å². The first-order valence-electron chi connectivity index (χ1n) is 6.81. The lowest BCUT2D eigenvalue weighted by Gasteiger charge is -2.39. The van der Waals surface area contributed by atoms with E-state index in [1.807, 2.05) is 13.8 Å². The zero-order chi connectivity index (χ0) is 14.9. The molecule has 5 heteroatoms. The van der Waals surface area contributed by atoms with Crippen LogP contribution in [0.1, 0.15) is 49.0 Å². The fourth-order valence-corrected chi connectivity index (χ4v) is 2.88. The average Bonchev–Trinajstić information content (AvgIpc) is 2.37. The van der Waals surface area contributed by atoms with Crippen LogP contribution in [0.2, 0.25) is 0 Å². The van der Waals surface area contributed by atoms with Crippen molar-refractivity contribution < 1.29 is 18.0 Å². The first-order valence-corrected chi connectivity index (χ1v) is 6.81. The second kappa shape index (κ2) is 5.46. The Bertz CT molecular complexity index is 488. The summed E-state index contributed by atoms with van der Waals surface area (Å²) in [4.78, 5) is 14.1. The molecular weight excluding hydrogens is 267 g/mol. The van der Waals surface area contributed by atoms with Gasteiger partial charge in [0.1, 0.15) is 0 Å². The Balaban J connectivity index is 2.38. The topological polar surface area (TPSA) is 20.3 Å². The number of carbonyl (C=O) groups is 1. The van der Waals surface area contributed by atoms with Gasteiger partial charge in [0.15, 0.2) is 0 Å². The highest BCUT2D eigenvalue weighted by atomic mass is 19.4. The first kappa shape index (κ1) is 14.9. The molecule has 0 bridgehead atoms. The van der Waals surface area contributed by atoms with E-state index in [0.29, 0.717) is 0 Å². The van der Waals surface area contributed by atoms with Crippen molar-refractivity contribution in [3.8, 4) is 0 Å². The van der Waals surface area contributed by atoms with Crippen molar-refractivity contribution in [1.29, 1.82) is 0 Å². The van der Waals surface area contributed by atoms with E-state index >= 15 is 0 Å². The molecule has 0 radical (unpaired) electrons. The van der Waals surface area contributed by atoms with E-state index in [1.54, 1.807) is 4.90 Å². The van der Waals surface area contributed by atoms with E-state index in [0.717, 1.165) is 25.3 Å². The van der Waals surface area contributed by atoms with Crippen molar-refractivity contribution >= 4 is 5.91 Å². The summed E-state index contributed by atoms with van der Waals surface area (Å²) in [5.41, 5.74) is -1.10. The highest BCUT2D eigenvalue weighted by molar-refractivity contribution is 5.96. The van der Waals surface area contributed by atoms with Crippen molar-refractivity contribution in [3.05, 3.63) is 35.4 Å². The second-order valence-electron chi connectivity index (χ2n) is 5.38. The van der Waals surface area contributed by atoms with Crippen LogP contribution < -0.4 is 0 Å². The lowest BCUT2D eigenvalue weighted by Crippen LogP contribution is -2.47. The minimum atomic E-state index is -4.51. The first-order chi connectivity index (χ1) is 9.32. The monoisotopic (exact) mass is 285 g/mol. The van der Waals surface area contributed by atoms with Crippen LogP contribution in [0.15, 0.2) is 24.3 Å². The number of hydrogen-bond donors (Lipinski definition) is 0. The number of benzene rings is 1. The number of piperidine rings is 1. The number of carbonyl (C=O) groups excluding carboxylic acids is 1. The maximum atomic E-state index is 13.0. The van der Waals surface area contributed by atoms with E-state index in [2.05, 4.69) is 0 Å². The maximum absolute atomic E-state index is 13.0. The molecule has 2 unspecified atom stereocenters. The van der Waals surface area contributed by atoms with Gasteiger partial charge in [-0.25, -0.2) is 0 Å². The molecule has 1 amide bonds. The van der Waals surface area contributed by atoms with Gasteiger partial charge >= 0.3 is 6.18 Å². The van der Waals surface area contributed by atoms with Gasteiger partial charge in [0.25, 0.3) is 5.91 Å². The molecule has 0 spiro atoms. The molecule has 1 aliphatic rings. The van der Waals surface area contributed by atoms with Crippen LogP contribution in [0.25, 0.3) is 0 Å². The summed E-state index contributed by atoms with van der Waals surface area (Å²) in [6, 6.07) is 4.97. The fourth-order valence-electron chi connectivity index (χ4n) is 2.88. The minimum Gasteiger partial charge on any atom is -0.333 e. The van der Waals surface area contributed by atoms with Crippen LogP contribution in [-0.4, -0.2) is 22.9 Å². The van der Waals surface area contributed by atoms with E-state index in [-0.39, 0.29) is 17.6 Å². The van der Waals surface area contributed by atoms with Crippen LogP contribution in [0.3, 0.4) is 0 Å². The lowest BCUT2D eigenvalue weighted by molar-refractivity contribution is -0.138. The molecule has 1 fully saturated rings. The third-order valence-corrected chi connectivity index (χ3v) is 3.89. The average molecular weight is 285 g/mol. The van der Waals surface area contributed by atoms with Crippen molar-refractivity contribution in [1.82, 2.24) is 4.90 Å². The molecule has 1 saturated heterocycles. The van der Waals surface area contributed by atoms with Crippen LogP contribution in [-0.2, 0) is 6.18 Å². The van der Waals surface area contributed by atoms with Gasteiger partial charge in [-0.15, -0.1) is 0 Å². The number of likely N-dealkylation sites (tertiary alicyclic amines) is 1. The van der Waals surface area contributed by atoms with Crippen molar-refractivity contribution in [2.45, 2.75) is 51.4 Å². The van der Waals surface area contributed by atoms with E-state index in [1.165, 1.54) is 18.2 Å². The number of amides is 1. The van der Waals surface area contributed by atoms with Crippen molar-refractivity contribution in [2.24, 2.45) is 0 Å². The summed E-state index contributed by atoms with van der Waals surface area (Å²) in [6.07, 6.45) is -1.82. The van der Waals surface area contributed by atoms with Gasteiger partial charge in [0, 0.05) is 12.1 Å². The van der Waals surface area contributed by atoms with Gasteiger partial charge in [0.2, 0.25) is 0 Å². The summed E-state index contributed by atoms with van der Waals surface area (Å²) >= 11 is 0. The van der Waals surface area contributed by atoms with Gasteiger partial charge < -0.3 is 4.90 Å². The third kappa shape index (κ3) is 2.81. The normalized spacial score (nSPS) is 23.8. The zero-order valence-electron chi connectivity index (χ0n) is 11.6. The number of halogens is 3. The Labute approximate surface area is 116 Å². The maximum Gasteiger partial charge on any atom is 0.417 e. The molecule has 0 aliphatic carbocycles. The SMILES string of the molecule is CC1CCCC(C)N1C(=O)c1ccccc1C(F)(F)F. The Morgan fingerprint density at radius 1 is 1.15 bits per heavy atom. The molecule has 0 aromatic heterocycles. The van der Waals surface area contributed by atoms with Crippen LogP contribution >= 0.6 is 0 Å². The predicted octanol–water partition coefficient (Wildman–Crippen LogP) is 4.11. The minimum absolute atomic E-state index is 0.0208. The zero-order valence-corrected chi connectivity index (χ0v) is 11.6. The van der Waals surface area contributed by atoms with Crippen molar-refractivity contribution in [3.63, 3.8) is 0 Å². The molecule has 110 valence electrons. The van der Waals surface area contributed by atoms with Gasteiger partial charge in [0.05, 0.1) is 11.1 Å². The molecule has 1 aromatic rings. The Kier molecular flexibility index (Phi) is 4.06. The molecule has 1 heterocycles. The standard InChI is InChI=1S/C15H18F3NO/c1-10-6-5-7-11(2)19(10)14(20)12-8-3-4-9-13(12)15(16,17)18/h3-4,8-11H,5-7H2,1-2H3. The Hall–Kier alpha value is -1.52. The van der Waals surface area contributed by atoms with Gasteiger partial charge in [-0.1, -0.05) is 12.1 Å². The van der Waals surface area contributed by atoms with Crippen molar-refractivity contribution in [2.75, 3.05) is 0 Å². The number of nitrogens with zero attached hydrogens (tertiary/aromatic N) is 1. The smallest absolute Gasteiger partial charge is 0.333 e. The third-order valence-electron chi connectivity index (χ3n) is 3.89. The molecule has 2 rings (SSSR count). The number of alkyl halides is 3. The summed E-state index contributed by atoms with van der Waals surface area (Å²) in [6.45, 7) is 3.79. The molecule has 1 aromatic carbocycles. The quantitative estimate of drug-likeness (QED) is 0.760. The molecule has 1 aliphatic heterocycles. The molecule has 20 heavy (non-hydrogen) atoms. The Morgan fingerprint density at radius 2 is 1.70 bits per heavy atom. The summed E-state index contributed by atoms with van der Waals surface area (Å²) in [5, 5.41) is 0. The fraction of sp³-hybridized carbons (Fsp3) is 0.533. The molecular formula is C15H18F3NO. The van der Waals surface area contributed by atoms with Gasteiger partial charge in [-0.05, 0) is 45.2 Å². The number of hydrogen-bond acceptors (Lipinski definition) is 1. The van der Waals surface area contributed by atoms with E-state index < -0.39 is 17.6 Å². The van der Waals surface area contributed by atoms with Gasteiger partial charge in [-0.3, -0.25) is 4.79 Å². The summed E-state index contributed by atoms with van der Waals surface area (Å²) in [5.74, 6) is -0.516. The number of rotatable bonds is 1. The molecule has 0 N–H and O–H groups in total. The molecule has 0 saturated carbocycles. The van der Waals surface area contributed by atoms with Crippen LogP contribution in [0, 0.1) is 0 Å². The Morgan fingerprint density at radius 3 is 2.25 bits per heavy atom. The predicted molar refractivity (Wildman–Crippen MR) is 70.4 cm³/mol. The second-order valence-corrected chi connectivity index (χ2v) is 5.38. The van der Waals surface area contributed by atoms with Crippen LogP contribution in [0.4, 0.5) is 13.2 Å².